The normalized spacial score (nSPS) is 10.9. The summed E-state index contributed by atoms with van der Waals surface area (Å²) in [6, 6.07) is 9.99. The number of aromatic nitrogens is 2. The highest BCUT2D eigenvalue weighted by atomic mass is 35.5. The molecule has 1 N–H and O–H groups in total. The van der Waals surface area contributed by atoms with Crippen LogP contribution in [-0.4, -0.2) is 24.2 Å². The molecule has 0 bridgehead atoms. The Hall–Kier alpha value is -2.83. The fraction of sp³-hybridized carbons (Fsp3) is 0.182. The highest BCUT2D eigenvalue weighted by Gasteiger charge is 2.16. The number of nitrogens with zero attached hydrogens (tertiary/aromatic N) is 2. The maximum Gasteiger partial charge on any atom is 0.144 e. The summed E-state index contributed by atoms with van der Waals surface area (Å²) < 4.78 is 10.8. The number of hydrogen-bond donors (Lipinski definition) is 1. The number of halogens is 1. The molecule has 0 aliphatic rings. The Labute approximate surface area is 178 Å². The van der Waals surface area contributed by atoms with Crippen LogP contribution in [0.3, 0.4) is 0 Å². The Bertz CT molecular complexity index is 1210. The molecule has 0 saturated heterocycles. The topological polar surface area (TPSA) is 56.3 Å². The van der Waals surface area contributed by atoms with Gasteiger partial charge in [0, 0.05) is 23.1 Å². The molecule has 2 aromatic heterocycles. The summed E-state index contributed by atoms with van der Waals surface area (Å²) in [7, 11) is 3.18. The van der Waals surface area contributed by atoms with E-state index in [2.05, 4.69) is 52.7 Å². The van der Waals surface area contributed by atoms with E-state index in [1.54, 1.807) is 44.0 Å². The van der Waals surface area contributed by atoms with Crippen LogP contribution in [0.15, 0.2) is 42.0 Å². The Morgan fingerprint density at radius 3 is 2.48 bits per heavy atom. The van der Waals surface area contributed by atoms with Crippen molar-refractivity contribution in [2.24, 2.45) is 0 Å². The van der Waals surface area contributed by atoms with Gasteiger partial charge in [-0.2, -0.15) is 0 Å². The first kappa shape index (κ1) is 19.5. The van der Waals surface area contributed by atoms with E-state index in [-0.39, 0.29) is 0 Å². The summed E-state index contributed by atoms with van der Waals surface area (Å²) in [5.41, 5.74) is 5.46. The average molecular weight is 426 g/mol. The molecule has 0 amide bonds. The van der Waals surface area contributed by atoms with Gasteiger partial charge >= 0.3 is 0 Å². The molecule has 0 saturated carbocycles. The molecule has 0 aliphatic heterocycles. The summed E-state index contributed by atoms with van der Waals surface area (Å²) in [6.07, 6.45) is 1.56. The Morgan fingerprint density at radius 1 is 0.966 bits per heavy atom. The molecule has 0 aliphatic carbocycles. The fourth-order valence-corrected chi connectivity index (χ4v) is 4.32. The zero-order chi connectivity index (χ0) is 20.5. The average Bonchev–Trinajstić information content (AvgIpc) is 3.16. The van der Waals surface area contributed by atoms with Crippen molar-refractivity contribution in [2.45, 2.75) is 13.8 Å². The van der Waals surface area contributed by atoms with Gasteiger partial charge in [0.15, 0.2) is 0 Å². The molecule has 4 rings (SSSR count). The van der Waals surface area contributed by atoms with Crippen molar-refractivity contribution in [2.75, 3.05) is 19.5 Å². The number of nitrogens with one attached hydrogen (secondary N) is 1. The number of rotatable bonds is 5. The number of aryl methyl sites for hydroxylation is 2. The van der Waals surface area contributed by atoms with Gasteiger partial charge in [0.1, 0.15) is 28.5 Å². The SMILES string of the molecule is COc1cc(Nc2ncnc3scc(-c4ccc(C)c(C)c4)c23)c(OC)cc1Cl. The maximum absolute atomic E-state index is 6.24. The predicted molar refractivity (Wildman–Crippen MR) is 120 cm³/mol. The van der Waals surface area contributed by atoms with Crippen LogP contribution < -0.4 is 14.8 Å². The van der Waals surface area contributed by atoms with E-state index in [1.807, 2.05) is 0 Å². The lowest BCUT2D eigenvalue weighted by molar-refractivity contribution is 0.405. The van der Waals surface area contributed by atoms with Crippen molar-refractivity contribution in [3.8, 4) is 22.6 Å². The van der Waals surface area contributed by atoms with Gasteiger partial charge in [-0.25, -0.2) is 9.97 Å². The van der Waals surface area contributed by atoms with Crippen molar-refractivity contribution >= 4 is 44.7 Å². The van der Waals surface area contributed by atoms with Crippen molar-refractivity contribution in [1.82, 2.24) is 9.97 Å². The number of thiophene rings is 1. The van der Waals surface area contributed by atoms with Crippen LogP contribution in [-0.2, 0) is 0 Å². The molecule has 2 heterocycles. The number of methoxy groups -OCH3 is 2. The first-order chi connectivity index (χ1) is 14.0. The minimum Gasteiger partial charge on any atom is -0.495 e. The number of ether oxygens (including phenoxy) is 2. The Morgan fingerprint density at radius 2 is 1.76 bits per heavy atom. The largest absolute Gasteiger partial charge is 0.495 e. The van der Waals surface area contributed by atoms with Crippen molar-refractivity contribution in [3.05, 3.63) is 58.2 Å². The van der Waals surface area contributed by atoms with Crippen LogP contribution in [0.25, 0.3) is 21.3 Å². The summed E-state index contributed by atoms with van der Waals surface area (Å²) in [6.45, 7) is 4.23. The van der Waals surface area contributed by atoms with Gasteiger partial charge in [0.2, 0.25) is 0 Å². The zero-order valence-electron chi connectivity index (χ0n) is 16.5. The molecular weight excluding hydrogens is 406 g/mol. The minimum atomic E-state index is 0.481. The summed E-state index contributed by atoms with van der Waals surface area (Å²) in [5.74, 6) is 1.86. The smallest absolute Gasteiger partial charge is 0.144 e. The highest BCUT2D eigenvalue weighted by Crippen LogP contribution is 2.41. The number of benzene rings is 2. The lowest BCUT2D eigenvalue weighted by Gasteiger charge is -2.14. The molecule has 2 aromatic carbocycles. The molecule has 0 atom stereocenters. The third-order valence-electron chi connectivity index (χ3n) is 4.92. The van der Waals surface area contributed by atoms with Crippen molar-refractivity contribution in [3.63, 3.8) is 0 Å². The second-order valence-corrected chi connectivity index (χ2v) is 7.93. The molecule has 29 heavy (non-hydrogen) atoms. The van der Waals surface area contributed by atoms with Gasteiger partial charge < -0.3 is 14.8 Å². The number of fused-ring (bicyclic) bond motifs is 1. The van der Waals surface area contributed by atoms with Gasteiger partial charge in [-0.1, -0.05) is 29.8 Å². The molecule has 0 fully saturated rings. The van der Waals surface area contributed by atoms with E-state index < -0.39 is 0 Å². The Kier molecular flexibility index (Phi) is 5.30. The monoisotopic (exact) mass is 425 g/mol. The predicted octanol–water partition coefficient (Wildman–Crippen LogP) is 6.39. The van der Waals surface area contributed by atoms with Gasteiger partial charge in [-0.15, -0.1) is 11.3 Å². The van der Waals surface area contributed by atoms with Crippen molar-refractivity contribution < 1.29 is 9.47 Å². The molecule has 0 unspecified atom stereocenters. The lowest BCUT2D eigenvalue weighted by Crippen LogP contribution is -1.99. The summed E-state index contributed by atoms with van der Waals surface area (Å²) in [5, 5.41) is 6.95. The Balaban J connectivity index is 1.85. The van der Waals surface area contributed by atoms with E-state index in [0.29, 0.717) is 28.0 Å². The number of anilines is 2. The van der Waals surface area contributed by atoms with E-state index in [9.17, 15) is 0 Å². The molecule has 7 heteroatoms. The van der Waals surface area contributed by atoms with Crippen LogP contribution in [0.2, 0.25) is 5.02 Å². The van der Waals surface area contributed by atoms with E-state index in [4.69, 9.17) is 21.1 Å². The van der Waals surface area contributed by atoms with E-state index in [1.165, 1.54) is 11.1 Å². The zero-order valence-corrected chi connectivity index (χ0v) is 18.1. The van der Waals surface area contributed by atoms with E-state index >= 15 is 0 Å². The maximum atomic E-state index is 6.24. The summed E-state index contributed by atoms with van der Waals surface area (Å²) >= 11 is 7.83. The standard InChI is InChI=1S/C22H20ClN3O2S/c1-12-5-6-14(7-13(12)2)15-10-29-22-20(15)21(24-11-25-22)26-17-9-18(27-3)16(23)8-19(17)28-4/h5-11H,1-4H3,(H,24,25,26). The van der Waals surface area contributed by atoms with Gasteiger partial charge in [0.05, 0.1) is 30.3 Å². The second kappa shape index (κ2) is 7.89. The van der Waals surface area contributed by atoms with Gasteiger partial charge in [-0.3, -0.25) is 0 Å². The van der Waals surface area contributed by atoms with E-state index in [0.717, 1.165) is 21.3 Å². The van der Waals surface area contributed by atoms with Crippen LogP contribution in [0.4, 0.5) is 11.5 Å². The van der Waals surface area contributed by atoms with Crippen LogP contribution >= 0.6 is 22.9 Å². The second-order valence-electron chi connectivity index (χ2n) is 6.66. The number of hydrogen-bond acceptors (Lipinski definition) is 6. The third-order valence-corrected chi connectivity index (χ3v) is 6.10. The van der Waals surface area contributed by atoms with Crippen LogP contribution in [0.5, 0.6) is 11.5 Å². The van der Waals surface area contributed by atoms with Gasteiger partial charge in [-0.05, 0) is 30.5 Å². The fourth-order valence-electron chi connectivity index (χ4n) is 3.18. The third kappa shape index (κ3) is 3.61. The first-order valence-corrected chi connectivity index (χ1v) is 10.3. The lowest BCUT2D eigenvalue weighted by atomic mass is 10.0. The van der Waals surface area contributed by atoms with Gasteiger partial charge in [0.25, 0.3) is 0 Å². The first-order valence-electron chi connectivity index (χ1n) is 9.00. The molecule has 0 spiro atoms. The van der Waals surface area contributed by atoms with Crippen LogP contribution in [0.1, 0.15) is 11.1 Å². The molecular formula is C22H20ClN3O2S. The quantitative estimate of drug-likeness (QED) is 0.401. The molecule has 4 aromatic rings. The van der Waals surface area contributed by atoms with Crippen molar-refractivity contribution in [1.29, 1.82) is 0 Å². The van der Waals surface area contributed by atoms with Crippen LogP contribution in [0, 0.1) is 13.8 Å². The minimum absolute atomic E-state index is 0.481. The molecule has 0 radical (unpaired) electrons. The molecule has 5 nitrogen and oxygen atoms in total. The molecule has 148 valence electrons. The highest BCUT2D eigenvalue weighted by molar-refractivity contribution is 7.17. The summed E-state index contributed by atoms with van der Waals surface area (Å²) in [4.78, 5) is 9.87.